The number of nitrogens with zero attached hydrogens (tertiary/aromatic N) is 2. The highest BCUT2D eigenvalue weighted by molar-refractivity contribution is 6.22. The topological polar surface area (TPSA) is 49.9 Å². The predicted molar refractivity (Wildman–Crippen MR) is 117 cm³/mol. The summed E-state index contributed by atoms with van der Waals surface area (Å²) >= 11 is 0. The van der Waals surface area contributed by atoms with Crippen LogP contribution in [0.15, 0.2) is 78.9 Å². The minimum Gasteiger partial charge on any atom is -0.457 e. The molecule has 4 rings (SSSR count). The normalized spacial score (nSPS) is 15.8. The summed E-state index contributed by atoms with van der Waals surface area (Å²) < 4.78 is 44.7. The molecule has 3 aromatic carbocycles. The van der Waals surface area contributed by atoms with Crippen molar-refractivity contribution in [1.29, 1.82) is 0 Å². The van der Waals surface area contributed by atoms with E-state index in [0.29, 0.717) is 17.1 Å². The van der Waals surface area contributed by atoms with Gasteiger partial charge >= 0.3 is 12.2 Å². The number of benzene rings is 3. The van der Waals surface area contributed by atoms with Crippen LogP contribution in [0.4, 0.5) is 23.7 Å². The first-order chi connectivity index (χ1) is 15.6. The van der Waals surface area contributed by atoms with Crippen LogP contribution >= 0.6 is 0 Å². The van der Waals surface area contributed by atoms with Crippen molar-refractivity contribution >= 4 is 17.6 Å². The third-order valence-electron chi connectivity index (χ3n) is 5.55. The average Bonchev–Trinajstić information content (AvgIpc) is 2.94. The van der Waals surface area contributed by atoms with Crippen LogP contribution in [0.2, 0.25) is 0 Å². The third-order valence-corrected chi connectivity index (χ3v) is 5.55. The molecule has 1 fully saturated rings. The lowest BCUT2D eigenvalue weighted by molar-refractivity contribution is -0.137. The molecular formula is C25H21F3N2O3. The number of hydrogen-bond acceptors (Lipinski definition) is 3. The van der Waals surface area contributed by atoms with Gasteiger partial charge in [0, 0.05) is 5.56 Å². The number of carbonyl (C=O) groups excluding carboxylic acids is 2. The average molecular weight is 454 g/mol. The number of halogens is 3. The molecule has 1 aliphatic heterocycles. The van der Waals surface area contributed by atoms with E-state index in [1.54, 1.807) is 50.2 Å². The summed E-state index contributed by atoms with van der Waals surface area (Å²) in [6.07, 6.45) is -4.51. The first-order valence-corrected chi connectivity index (χ1v) is 10.2. The Labute approximate surface area is 189 Å². The molecule has 33 heavy (non-hydrogen) atoms. The highest BCUT2D eigenvalue weighted by atomic mass is 19.4. The Kier molecular flexibility index (Phi) is 5.61. The smallest absolute Gasteiger partial charge is 0.416 e. The van der Waals surface area contributed by atoms with Gasteiger partial charge in [0.05, 0.1) is 17.8 Å². The number of anilines is 1. The van der Waals surface area contributed by atoms with E-state index in [1.165, 1.54) is 4.90 Å². The molecule has 0 atom stereocenters. The molecule has 1 heterocycles. The molecule has 0 bridgehead atoms. The molecule has 3 aromatic rings. The van der Waals surface area contributed by atoms with Gasteiger partial charge in [-0.3, -0.25) is 4.79 Å². The van der Waals surface area contributed by atoms with Gasteiger partial charge in [0.15, 0.2) is 0 Å². The molecule has 170 valence electrons. The Morgan fingerprint density at radius 1 is 0.848 bits per heavy atom. The lowest BCUT2D eigenvalue weighted by Gasteiger charge is -2.28. The van der Waals surface area contributed by atoms with E-state index in [-0.39, 0.29) is 12.2 Å². The van der Waals surface area contributed by atoms with E-state index in [2.05, 4.69) is 0 Å². The van der Waals surface area contributed by atoms with Crippen LogP contribution in [0, 0.1) is 0 Å². The zero-order valence-electron chi connectivity index (χ0n) is 18.0. The van der Waals surface area contributed by atoms with Gasteiger partial charge in [0.25, 0.3) is 5.91 Å². The maximum Gasteiger partial charge on any atom is 0.416 e. The molecular weight excluding hydrogens is 433 g/mol. The Bertz CT molecular complexity index is 1180. The van der Waals surface area contributed by atoms with Crippen molar-refractivity contribution in [2.45, 2.75) is 32.1 Å². The molecule has 5 nitrogen and oxygen atoms in total. The Hall–Kier alpha value is -3.81. The van der Waals surface area contributed by atoms with E-state index >= 15 is 0 Å². The van der Waals surface area contributed by atoms with Gasteiger partial charge in [-0.2, -0.15) is 13.2 Å². The van der Waals surface area contributed by atoms with Crippen LogP contribution in [0.25, 0.3) is 0 Å². The van der Waals surface area contributed by atoms with Crippen molar-refractivity contribution in [3.05, 3.63) is 90.0 Å². The molecule has 0 aromatic heterocycles. The molecule has 0 aliphatic carbocycles. The van der Waals surface area contributed by atoms with E-state index in [1.807, 2.05) is 18.2 Å². The van der Waals surface area contributed by atoms with Gasteiger partial charge in [-0.1, -0.05) is 36.4 Å². The zero-order chi connectivity index (χ0) is 23.8. The summed E-state index contributed by atoms with van der Waals surface area (Å²) in [6, 6.07) is 19.7. The van der Waals surface area contributed by atoms with E-state index in [4.69, 9.17) is 4.74 Å². The number of amides is 3. The molecule has 0 saturated carbocycles. The van der Waals surface area contributed by atoms with Crippen LogP contribution in [-0.4, -0.2) is 22.4 Å². The highest BCUT2D eigenvalue weighted by Crippen LogP contribution is 2.37. The minimum atomic E-state index is -4.51. The van der Waals surface area contributed by atoms with Crippen LogP contribution in [0.1, 0.15) is 25.0 Å². The van der Waals surface area contributed by atoms with E-state index in [0.717, 1.165) is 29.2 Å². The fourth-order valence-corrected chi connectivity index (χ4v) is 3.65. The summed E-state index contributed by atoms with van der Waals surface area (Å²) in [6.45, 7) is 3.30. The minimum absolute atomic E-state index is 0.0811. The second-order valence-corrected chi connectivity index (χ2v) is 8.14. The van der Waals surface area contributed by atoms with E-state index in [9.17, 15) is 22.8 Å². The van der Waals surface area contributed by atoms with Crippen LogP contribution in [-0.2, 0) is 17.5 Å². The fourth-order valence-electron chi connectivity index (χ4n) is 3.65. The third kappa shape index (κ3) is 4.28. The van der Waals surface area contributed by atoms with Crippen molar-refractivity contribution in [2.75, 3.05) is 4.90 Å². The predicted octanol–water partition coefficient (Wildman–Crippen LogP) is 6.25. The number of rotatable bonds is 5. The Balaban J connectivity index is 1.62. The maximum absolute atomic E-state index is 13.3. The van der Waals surface area contributed by atoms with Gasteiger partial charge in [-0.05, 0) is 56.3 Å². The molecule has 0 N–H and O–H groups in total. The number of para-hydroxylation sites is 2. The molecule has 1 aliphatic rings. The first-order valence-electron chi connectivity index (χ1n) is 10.2. The fraction of sp³-hybridized carbons (Fsp3) is 0.200. The maximum atomic E-state index is 13.3. The molecule has 0 radical (unpaired) electrons. The largest absolute Gasteiger partial charge is 0.457 e. The van der Waals surface area contributed by atoms with Gasteiger partial charge in [-0.25, -0.2) is 9.69 Å². The zero-order valence-corrected chi connectivity index (χ0v) is 18.0. The Morgan fingerprint density at radius 3 is 2.09 bits per heavy atom. The highest BCUT2D eigenvalue weighted by Gasteiger charge is 2.52. The summed E-state index contributed by atoms with van der Waals surface area (Å²) in [5, 5.41) is 0. The van der Waals surface area contributed by atoms with Gasteiger partial charge in [-0.15, -0.1) is 0 Å². The number of alkyl halides is 3. The first kappa shape index (κ1) is 22.4. The van der Waals surface area contributed by atoms with Crippen molar-refractivity contribution in [3.8, 4) is 11.5 Å². The van der Waals surface area contributed by atoms with Crippen molar-refractivity contribution < 1.29 is 27.5 Å². The van der Waals surface area contributed by atoms with Gasteiger partial charge in [0.1, 0.15) is 17.0 Å². The number of carbonyl (C=O) groups is 2. The van der Waals surface area contributed by atoms with Gasteiger partial charge in [0.2, 0.25) is 0 Å². The van der Waals surface area contributed by atoms with E-state index < -0.39 is 29.2 Å². The second kappa shape index (κ2) is 8.27. The standard InChI is InChI=1S/C25H21F3N2O3/c1-24(2)22(31)30(19-14-12-18(13-15-19)25(26,27)28)23(32)29(24)16-17-8-6-7-11-21(17)33-20-9-4-3-5-10-20/h3-15H,16H2,1-2H3. The number of urea groups is 1. The molecule has 0 unspecified atom stereocenters. The van der Waals surface area contributed by atoms with Crippen molar-refractivity contribution in [2.24, 2.45) is 0 Å². The molecule has 8 heteroatoms. The quantitative estimate of drug-likeness (QED) is 0.429. The van der Waals surface area contributed by atoms with Crippen molar-refractivity contribution in [1.82, 2.24) is 4.90 Å². The summed E-state index contributed by atoms with van der Waals surface area (Å²) in [4.78, 5) is 28.7. The molecule has 1 saturated heterocycles. The Morgan fingerprint density at radius 2 is 1.45 bits per heavy atom. The SMILES string of the molecule is CC1(C)C(=O)N(c2ccc(C(F)(F)F)cc2)C(=O)N1Cc1ccccc1Oc1ccccc1. The van der Waals surface area contributed by atoms with Crippen LogP contribution < -0.4 is 9.64 Å². The summed E-state index contributed by atoms with van der Waals surface area (Å²) in [7, 11) is 0. The molecule has 0 spiro atoms. The van der Waals surface area contributed by atoms with Crippen LogP contribution in [0.3, 0.4) is 0 Å². The van der Waals surface area contributed by atoms with Crippen LogP contribution in [0.5, 0.6) is 11.5 Å². The summed E-state index contributed by atoms with van der Waals surface area (Å²) in [5.41, 5.74) is -1.29. The monoisotopic (exact) mass is 454 g/mol. The second-order valence-electron chi connectivity index (χ2n) is 8.14. The molecule has 3 amide bonds. The van der Waals surface area contributed by atoms with Crippen molar-refractivity contribution in [3.63, 3.8) is 0 Å². The number of imide groups is 1. The lowest BCUT2D eigenvalue weighted by atomic mass is 10.0. The summed E-state index contributed by atoms with van der Waals surface area (Å²) in [5.74, 6) is 0.640. The number of ether oxygens (including phenoxy) is 1. The van der Waals surface area contributed by atoms with Gasteiger partial charge < -0.3 is 9.64 Å². The lowest BCUT2D eigenvalue weighted by Crippen LogP contribution is -2.43. The number of hydrogen-bond donors (Lipinski definition) is 0.